The number of amides is 1. The fourth-order valence-corrected chi connectivity index (χ4v) is 3.25. The Kier molecular flexibility index (Phi) is 15.2. The van der Waals surface area contributed by atoms with Crippen LogP contribution in [0.15, 0.2) is 0 Å². The van der Waals surface area contributed by atoms with Crippen LogP contribution in [0.5, 0.6) is 0 Å². The SMILES string of the molecule is CCCCCCCCCCCCCCC(C)C(=O)NCCS(=O)(=O)[O-]. The molecule has 5 nitrogen and oxygen atoms in total. The van der Waals surface area contributed by atoms with E-state index in [9.17, 15) is 17.8 Å². The van der Waals surface area contributed by atoms with Crippen LogP contribution in [0.2, 0.25) is 0 Å². The summed E-state index contributed by atoms with van der Waals surface area (Å²) in [5, 5.41) is 2.51. The van der Waals surface area contributed by atoms with Crippen LogP contribution in [0, 0.1) is 5.92 Å². The first-order valence-corrected chi connectivity index (χ1v) is 11.7. The number of rotatable bonds is 17. The molecular formula is C19H38NO4S-. The van der Waals surface area contributed by atoms with E-state index in [1.54, 1.807) is 0 Å². The van der Waals surface area contributed by atoms with Crippen molar-refractivity contribution in [2.24, 2.45) is 5.92 Å². The van der Waals surface area contributed by atoms with E-state index in [0.717, 1.165) is 19.3 Å². The molecule has 1 atom stereocenters. The van der Waals surface area contributed by atoms with Gasteiger partial charge in [-0.05, 0) is 6.42 Å². The zero-order valence-corrected chi connectivity index (χ0v) is 17.0. The molecule has 1 amide bonds. The van der Waals surface area contributed by atoms with Gasteiger partial charge in [-0.25, -0.2) is 8.42 Å². The minimum Gasteiger partial charge on any atom is -0.748 e. The van der Waals surface area contributed by atoms with E-state index in [4.69, 9.17) is 0 Å². The fraction of sp³-hybridized carbons (Fsp3) is 0.947. The topological polar surface area (TPSA) is 86.3 Å². The van der Waals surface area contributed by atoms with Crippen LogP contribution in [-0.2, 0) is 14.9 Å². The summed E-state index contributed by atoms with van der Waals surface area (Å²) in [5.74, 6) is -0.825. The number of hydrogen-bond donors (Lipinski definition) is 1. The maximum atomic E-state index is 11.8. The molecule has 0 aromatic rings. The predicted octanol–water partition coefficient (Wildman–Crippen LogP) is 4.38. The van der Waals surface area contributed by atoms with Crippen LogP contribution in [0.1, 0.15) is 97.3 Å². The van der Waals surface area contributed by atoms with Crippen molar-refractivity contribution in [1.82, 2.24) is 5.32 Å². The molecule has 0 aliphatic rings. The van der Waals surface area contributed by atoms with Crippen molar-refractivity contribution in [3.05, 3.63) is 0 Å². The van der Waals surface area contributed by atoms with Gasteiger partial charge in [-0.3, -0.25) is 4.79 Å². The highest BCUT2D eigenvalue weighted by Gasteiger charge is 2.12. The van der Waals surface area contributed by atoms with Crippen LogP contribution in [-0.4, -0.2) is 31.2 Å². The van der Waals surface area contributed by atoms with Gasteiger partial charge in [0.2, 0.25) is 5.91 Å². The van der Waals surface area contributed by atoms with Crippen molar-refractivity contribution in [3.8, 4) is 0 Å². The van der Waals surface area contributed by atoms with Crippen LogP contribution in [0.25, 0.3) is 0 Å². The van der Waals surface area contributed by atoms with Crippen LogP contribution >= 0.6 is 0 Å². The molecule has 0 aromatic heterocycles. The van der Waals surface area contributed by atoms with Gasteiger partial charge in [0.1, 0.15) is 0 Å². The maximum Gasteiger partial charge on any atom is 0.222 e. The molecule has 25 heavy (non-hydrogen) atoms. The monoisotopic (exact) mass is 376 g/mol. The molecule has 0 rings (SSSR count). The lowest BCUT2D eigenvalue weighted by Crippen LogP contribution is -2.33. The van der Waals surface area contributed by atoms with Gasteiger partial charge in [-0.1, -0.05) is 90.9 Å². The highest BCUT2D eigenvalue weighted by Crippen LogP contribution is 2.14. The summed E-state index contributed by atoms with van der Waals surface area (Å²) in [6.07, 6.45) is 16.3. The zero-order valence-electron chi connectivity index (χ0n) is 16.2. The van der Waals surface area contributed by atoms with Crippen LogP contribution in [0.4, 0.5) is 0 Å². The van der Waals surface area contributed by atoms with E-state index in [-0.39, 0.29) is 18.4 Å². The van der Waals surface area contributed by atoms with Crippen molar-refractivity contribution in [1.29, 1.82) is 0 Å². The summed E-state index contributed by atoms with van der Waals surface area (Å²) in [6.45, 7) is 4.00. The molecule has 150 valence electrons. The Bertz CT molecular complexity index is 423. The van der Waals surface area contributed by atoms with Crippen molar-refractivity contribution < 1.29 is 17.8 Å². The lowest BCUT2D eigenvalue weighted by Gasteiger charge is -2.13. The number of carbonyl (C=O) groups is 1. The summed E-state index contributed by atoms with van der Waals surface area (Å²) in [7, 11) is -4.25. The molecule has 0 saturated carbocycles. The van der Waals surface area contributed by atoms with Gasteiger partial charge < -0.3 is 9.87 Å². The van der Waals surface area contributed by atoms with Gasteiger partial charge in [-0.15, -0.1) is 0 Å². The normalized spacial score (nSPS) is 12.9. The van der Waals surface area contributed by atoms with Crippen molar-refractivity contribution >= 4 is 16.0 Å². The maximum absolute atomic E-state index is 11.8. The first-order chi connectivity index (χ1) is 11.9. The van der Waals surface area contributed by atoms with E-state index in [2.05, 4.69) is 12.2 Å². The number of carbonyl (C=O) groups excluding carboxylic acids is 1. The Morgan fingerprint density at radius 1 is 0.880 bits per heavy atom. The largest absolute Gasteiger partial charge is 0.748 e. The van der Waals surface area contributed by atoms with Crippen molar-refractivity contribution in [2.45, 2.75) is 97.3 Å². The quantitative estimate of drug-likeness (QED) is 0.301. The highest BCUT2D eigenvalue weighted by molar-refractivity contribution is 7.85. The third kappa shape index (κ3) is 18.0. The zero-order chi connectivity index (χ0) is 19.0. The molecule has 0 bridgehead atoms. The summed E-state index contributed by atoms with van der Waals surface area (Å²) >= 11 is 0. The second-order valence-corrected chi connectivity index (χ2v) is 8.66. The summed E-state index contributed by atoms with van der Waals surface area (Å²) < 4.78 is 31.4. The smallest absolute Gasteiger partial charge is 0.222 e. The van der Waals surface area contributed by atoms with E-state index in [1.807, 2.05) is 6.92 Å². The Morgan fingerprint density at radius 3 is 1.76 bits per heavy atom. The first kappa shape index (κ1) is 24.4. The predicted molar refractivity (Wildman–Crippen MR) is 102 cm³/mol. The lowest BCUT2D eigenvalue weighted by atomic mass is 10.0. The average Bonchev–Trinajstić information content (AvgIpc) is 2.54. The fourth-order valence-electron chi connectivity index (χ4n) is 2.90. The second-order valence-electron chi connectivity index (χ2n) is 7.13. The van der Waals surface area contributed by atoms with E-state index in [0.29, 0.717) is 0 Å². The van der Waals surface area contributed by atoms with Crippen LogP contribution in [0.3, 0.4) is 0 Å². The van der Waals surface area contributed by atoms with Gasteiger partial charge in [0.05, 0.1) is 15.9 Å². The number of unbranched alkanes of at least 4 members (excludes halogenated alkanes) is 11. The second kappa shape index (κ2) is 15.6. The van der Waals surface area contributed by atoms with Gasteiger partial charge in [0.25, 0.3) is 0 Å². The summed E-state index contributed by atoms with van der Waals surface area (Å²) in [5.41, 5.74) is 0. The lowest BCUT2D eigenvalue weighted by molar-refractivity contribution is -0.124. The van der Waals surface area contributed by atoms with Gasteiger partial charge in [0, 0.05) is 12.5 Å². The van der Waals surface area contributed by atoms with Gasteiger partial charge >= 0.3 is 0 Å². The summed E-state index contributed by atoms with van der Waals surface area (Å²) in [4.78, 5) is 11.8. The summed E-state index contributed by atoms with van der Waals surface area (Å²) in [6, 6.07) is 0. The van der Waals surface area contributed by atoms with E-state index >= 15 is 0 Å². The molecule has 0 spiro atoms. The Balaban J connectivity index is 3.39. The molecule has 0 saturated heterocycles. The third-order valence-corrected chi connectivity index (χ3v) is 5.29. The minimum absolute atomic E-state index is 0.0898. The molecule has 0 aliphatic carbocycles. The highest BCUT2D eigenvalue weighted by atomic mass is 32.2. The molecule has 6 heteroatoms. The van der Waals surface area contributed by atoms with Gasteiger partial charge in [0.15, 0.2) is 0 Å². The Labute approximate surface area is 155 Å². The molecule has 0 aromatic carbocycles. The first-order valence-electron chi connectivity index (χ1n) is 10.1. The molecule has 0 radical (unpaired) electrons. The Morgan fingerprint density at radius 2 is 1.32 bits per heavy atom. The molecule has 0 heterocycles. The average molecular weight is 377 g/mol. The molecule has 0 aliphatic heterocycles. The van der Waals surface area contributed by atoms with E-state index in [1.165, 1.54) is 64.2 Å². The molecule has 1 unspecified atom stereocenters. The van der Waals surface area contributed by atoms with E-state index < -0.39 is 15.9 Å². The molecule has 1 N–H and O–H groups in total. The molecular weight excluding hydrogens is 338 g/mol. The van der Waals surface area contributed by atoms with Crippen molar-refractivity contribution in [3.63, 3.8) is 0 Å². The third-order valence-electron chi connectivity index (χ3n) is 4.59. The van der Waals surface area contributed by atoms with Gasteiger partial charge in [-0.2, -0.15) is 0 Å². The number of hydrogen-bond acceptors (Lipinski definition) is 4. The van der Waals surface area contributed by atoms with Crippen molar-refractivity contribution in [2.75, 3.05) is 12.3 Å². The standard InChI is InChI=1S/C19H39NO4S/c1-3-4-5-6-7-8-9-10-11-12-13-14-15-18(2)19(21)20-16-17-25(22,23)24/h18H,3-17H2,1-2H3,(H,20,21)(H,22,23,24)/p-1. The number of nitrogens with one attached hydrogen (secondary N) is 1. The minimum atomic E-state index is -4.25. The Hall–Kier alpha value is -0.620. The van der Waals surface area contributed by atoms with Crippen LogP contribution < -0.4 is 5.32 Å². The molecule has 0 fully saturated rings.